The second-order valence-corrected chi connectivity index (χ2v) is 7.52. The first-order chi connectivity index (χ1) is 9.84. The fourth-order valence-corrected chi connectivity index (χ4v) is 4.46. The van der Waals surface area contributed by atoms with Gasteiger partial charge in [0.05, 0.1) is 11.4 Å². The molecule has 0 bridgehead atoms. The number of hydrogen-bond acceptors (Lipinski definition) is 3. The Labute approximate surface area is 127 Å². The van der Waals surface area contributed by atoms with Crippen LogP contribution in [0.25, 0.3) is 0 Å². The molecule has 2 nitrogen and oxygen atoms in total. The second kappa shape index (κ2) is 6.75. The van der Waals surface area contributed by atoms with Crippen molar-refractivity contribution in [3.63, 3.8) is 0 Å². The van der Waals surface area contributed by atoms with Crippen LogP contribution in [0.4, 0.5) is 11.4 Å². The van der Waals surface area contributed by atoms with Crippen LogP contribution in [0.15, 0.2) is 24.3 Å². The van der Waals surface area contributed by atoms with Crippen LogP contribution in [-0.2, 0) is 0 Å². The lowest BCUT2D eigenvalue weighted by atomic mass is 10.1. The lowest BCUT2D eigenvalue weighted by Gasteiger charge is -2.34. The van der Waals surface area contributed by atoms with Gasteiger partial charge in [-0.1, -0.05) is 19.1 Å². The number of nitrogens with one attached hydrogen (secondary N) is 1. The number of piperidine rings is 1. The Balaban J connectivity index is 1.75. The van der Waals surface area contributed by atoms with Gasteiger partial charge in [-0.2, -0.15) is 11.8 Å². The zero-order valence-electron chi connectivity index (χ0n) is 12.5. The van der Waals surface area contributed by atoms with Crippen molar-refractivity contribution in [1.29, 1.82) is 0 Å². The number of nitrogens with zero attached hydrogens (tertiary/aromatic N) is 1. The molecule has 2 fully saturated rings. The quantitative estimate of drug-likeness (QED) is 0.889. The Hall–Kier alpha value is -0.830. The number of anilines is 2. The first kappa shape index (κ1) is 14.1. The van der Waals surface area contributed by atoms with Gasteiger partial charge in [0.15, 0.2) is 0 Å². The van der Waals surface area contributed by atoms with Gasteiger partial charge in [-0.3, -0.25) is 0 Å². The number of thioether (sulfide) groups is 1. The molecule has 2 saturated heterocycles. The summed E-state index contributed by atoms with van der Waals surface area (Å²) < 4.78 is 0. The van der Waals surface area contributed by atoms with Crippen molar-refractivity contribution in [3.8, 4) is 0 Å². The summed E-state index contributed by atoms with van der Waals surface area (Å²) in [5.74, 6) is 1.33. The van der Waals surface area contributed by atoms with Crippen LogP contribution in [0.1, 0.15) is 39.0 Å². The Morgan fingerprint density at radius 2 is 1.90 bits per heavy atom. The van der Waals surface area contributed by atoms with E-state index >= 15 is 0 Å². The van der Waals surface area contributed by atoms with Crippen LogP contribution in [0, 0.1) is 0 Å². The monoisotopic (exact) mass is 290 g/mol. The SMILES string of the molecule is CC1SCCCC1Nc1ccccc1N1CCCCC1. The molecular formula is C17H26N2S. The molecule has 0 aliphatic carbocycles. The highest BCUT2D eigenvalue weighted by atomic mass is 32.2. The van der Waals surface area contributed by atoms with Crippen LogP contribution in [0.3, 0.4) is 0 Å². The topological polar surface area (TPSA) is 15.3 Å². The van der Waals surface area contributed by atoms with Crippen molar-refractivity contribution < 1.29 is 0 Å². The predicted molar refractivity (Wildman–Crippen MR) is 91.1 cm³/mol. The van der Waals surface area contributed by atoms with E-state index in [-0.39, 0.29) is 0 Å². The van der Waals surface area contributed by atoms with Gasteiger partial charge in [-0.15, -0.1) is 0 Å². The fourth-order valence-electron chi connectivity index (χ4n) is 3.32. The van der Waals surface area contributed by atoms with Crippen LogP contribution in [0.2, 0.25) is 0 Å². The van der Waals surface area contributed by atoms with E-state index in [1.807, 2.05) is 0 Å². The van der Waals surface area contributed by atoms with Gasteiger partial charge >= 0.3 is 0 Å². The molecule has 2 aliphatic heterocycles. The molecule has 2 unspecified atom stereocenters. The molecule has 0 spiro atoms. The number of hydrogen-bond donors (Lipinski definition) is 1. The fraction of sp³-hybridized carbons (Fsp3) is 0.647. The van der Waals surface area contributed by atoms with Crippen LogP contribution in [0.5, 0.6) is 0 Å². The zero-order chi connectivity index (χ0) is 13.8. The van der Waals surface area contributed by atoms with Gasteiger partial charge in [0, 0.05) is 24.4 Å². The Morgan fingerprint density at radius 1 is 1.10 bits per heavy atom. The molecule has 110 valence electrons. The highest BCUT2D eigenvalue weighted by Crippen LogP contribution is 2.32. The van der Waals surface area contributed by atoms with Gasteiger partial charge in [-0.05, 0) is 50.0 Å². The van der Waals surface area contributed by atoms with Crippen LogP contribution < -0.4 is 10.2 Å². The summed E-state index contributed by atoms with van der Waals surface area (Å²) in [5, 5.41) is 4.55. The Bertz CT molecular complexity index is 429. The molecule has 2 aliphatic rings. The van der Waals surface area contributed by atoms with Gasteiger partial charge in [-0.25, -0.2) is 0 Å². The van der Waals surface area contributed by atoms with E-state index < -0.39 is 0 Å². The third-order valence-corrected chi connectivity index (χ3v) is 5.93. The summed E-state index contributed by atoms with van der Waals surface area (Å²) in [6, 6.07) is 9.51. The van der Waals surface area contributed by atoms with E-state index in [0.717, 1.165) is 5.25 Å². The number of rotatable bonds is 3. The molecule has 1 N–H and O–H groups in total. The predicted octanol–water partition coefficient (Wildman–Crippen LogP) is 4.37. The molecular weight excluding hydrogens is 264 g/mol. The average molecular weight is 290 g/mol. The van der Waals surface area contributed by atoms with E-state index in [0.29, 0.717) is 6.04 Å². The van der Waals surface area contributed by atoms with Crippen molar-refractivity contribution in [2.24, 2.45) is 0 Å². The molecule has 0 amide bonds. The van der Waals surface area contributed by atoms with Crippen molar-refractivity contribution in [3.05, 3.63) is 24.3 Å². The van der Waals surface area contributed by atoms with E-state index in [1.165, 1.54) is 62.3 Å². The molecule has 20 heavy (non-hydrogen) atoms. The third-order valence-electron chi connectivity index (χ3n) is 4.55. The van der Waals surface area contributed by atoms with Crippen molar-refractivity contribution >= 4 is 23.1 Å². The number of para-hydroxylation sites is 2. The second-order valence-electron chi connectivity index (χ2n) is 6.03. The maximum Gasteiger partial charge on any atom is 0.0602 e. The zero-order valence-corrected chi connectivity index (χ0v) is 13.3. The van der Waals surface area contributed by atoms with Crippen molar-refractivity contribution in [2.45, 2.75) is 50.3 Å². The normalized spacial score (nSPS) is 27.4. The summed E-state index contributed by atoms with van der Waals surface area (Å²) >= 11 is 2.11. The van der Waals surface area contributed by atoms with E-state index in [2.05, 4.69) is 53.2 Å². The summed E-state index contributed by atoms with van der Waals surface area (Å²) in [4.78, 5) is 2.56. The molecule has 3 heteroatoms. The van der Waals surface area contributed by atoms with Crippen LogP contribution in [-0.4, -0.2) is 30.1 Å². The standard InChI is InChI=1S/C17H26N2S/c1-14-15(9-7-13-20-14)18-16-8-3-4-10-17(16)19-11-5-2-6-12-19/h3-4,8,10,14-15,18H,2,5-7,9,11-13H2,1H3. The van der Waals surface area contributed by atoms with Crippen molar-refractivity contribution in [1.82, 2.24) is 0 Å². The first-order valence-electron chi connectivity index (χ1n) is 8.07. The molecule has 1 aromatic carbocycles. The third kappa shape index (κ3) is 3.25. The van der Waals surface area contributed by atoms with E-state index in [1.54, 1.807) is 0 Å². The lowest BCUT2D eigenvalue weighted by Crippen LogP contribution is -2.35. The minimum Gasteiger partial charge on any atom is -0.380 e. The largest absolute Gasteiger partial charge is 0.380 e. The average Bonchev–Trinajstić information content (AvgIpc) is 2.51. The molecule has 1 aromatic rings. The summed E-state index contributed by atoms with van der Waals surface area (Å²) in [5.41, 5.74) is 2.75. The Morgan fingerprint density at radius 3 is 2.70 bits per heavy atom. The molecule has 2 heterocycles. The van der Waals surface area contributed by atoms with Crippen molar-refractivity contribution in [2.75, 3.05) is 29.1 Å². The molecule has 0 saturated carbocycles. The molecule has 0 aromatic heterocycles. The molecule has 3 rings (SSSR count). The first-order valence-corrected chi connectivity index (χ1v) is 9.11. The Kier molecular flexibility index (Phi) is 4.77. The minimum atomic E-state index is 0.625. The van der Waals surface area contributed by atoms with E-state index in [9.17, 15) is 0 Å². The van der Waals surface area contributed by atoms with Gasteiger partial charge < -0.3 is 10.2 Å². The van der Waals surface area contributed by atoms with Crippen LogP contribution >= 0.6 is 11.8 Å². The highest BCUT2D eigenvalue weighted by Gasteiger charge is 2.23. The van der Waals surface area contributed by atoms with Gasteiger partial charge in [0.25, 0.3) is 0 Å². The number of benzene rings is 1. The van der Waals surface area contributed by atoms with Gasteiger partial charge in [0.2, 0.25) is 0 Å². The minimum absolute atomic E-state index is 0.625. The van der Waals surface area contributed by atoms with E-state index in [4.69, 9.17) is 0 Å². The highest BCUT2D eigenvalue weighted by molar-refractivity contribution is 8.00. The maximum absolute atomic E-state index is 3.83. The summed E-state index contributed by atoms with van der Waals surface area (Å²) in [7, 11) is 0. The summed E-state index contributed by atoms with van der Waals surface area (Å²) in [6.45, 7) is 4.80. The molecule has 0 radical (unpaired) electrons. The molecule has 2 atom stereocenters. The smallest absolute Gasteiger partial charge is 0.0602 e. The summed E-state index contributed by atoms with van der Waals surface area (Å²) in [6.07, 6.45) is 6.72. The maximum atomic E-state index is 3.83. The lowest BCUT2D eigenvalue weighted by molar-refractivity contribution is 0.576. The van der Waals surface area contributed by atoms with Gasteiger partial charge in [0.1, 0.15) is 0 Å².